The van der Waals surface area contributed by atoms with E-state index in [1.54, 1.807) is 6.20 Å². The Bertz CT molecular complexity index is 336. The first kappa shape index (κ1) is 11.9. The Labute approximate surface area is 96.3 Å². The molecule has 4 heteroatoms. The van der Waals surface area contributed by atoms with Gasteiger partial charge in [0.25, 0.3) is 0 Å². The lowest BCUT2D eigenvalue weighted by Gasteiger charge is -2.13. The normalized spacial score (nSPS) is 10.1. The summed E-state index contributed by atoms with van der Waals surface area (Å²) in [4.78, 5) is 4.28. The van der Waals surface area contributed by atoms with Gasteiger partial charge < -0.3 is 10.6 Å². The molecule has 0 aliphatic heterocycles. The zero-order chi connectivity index (χ0) is 11.3. The molecule has 1 aromatic heterocycles. The van der Waals surface area contributed by atoms with E-state index >= 15 is 0 Å². The van der Waals surface area contributed by atoms with Gasteiger partial charge in [0.15, 0.2) is 5.11 Å². The van der Waals surface area contributed by atoms with Gasteiger partial charge in [-0.15, -0.1) is 0 Å². The Hall–Kier alpha value is -1.16. The number of hydrogen-bond donors (Lipinski definition) is 2. The maximum atomic E-state index is 5.12. The number of aromatic nitrogens is 1. The van der Waals surface area contributed by atoms with E-state index in [9.17, 15) is 0 Å². The van der Waals surface area contributed by atoms with E-state index in [4.69, 9.17) is 12.2 Å². The van der Waals surface area contributed by atoms with E-state index in [0.717, 1.165) is 5.69 Å². The van der Waals surface area contributed by atoms with Crippen LogP contribution in [0.25, 0.3) is 0 Å². The van der Waals surface area contributed by atoms with Crippen molar-refractivity contribution in [2.24, 2.45) is 0 Å². The number of rotatable bonds is 3. The van der Waals surface area contributed by atoms with Crippen LogP contribution in [0.1, 0.15) is 25.1 Å². The zero-order valence-corrected chi connectivity index (χ0v) is 10.2. The number of thiocarbonyl (C=S) groups is 1. The minimum Gasteiger partial charge on any atom is -0.361 e. The van der Waals surface area contributed by atoms with E-state index in [1.165, 1.54) is 5.56 Å². The molecule has 0 saturated heterocycles. The van der Waals surface area contributed by atoms with Crippen molar-refractivity contribution in [3.05, 3.63) is 29.6 Å². The molecule has 1 heterocycles. The zero-order valence-electron chi connectivity index (χ0n) is 9.37. The number of nitrogens with zero attached hydrogens (tertiary/aromatic N) is 1. The third-order valence-corrected chi connectivity index (χ3v) is 2.22. The molecule has 0 radical (unpaired) electrons. The fraction of sp³-hybridized carbons (Fsp3) is 0.455. The minimum absolute atomic E-state index is 0.356. The molecule has 0 saturated carbocycles. The van der Waals surface area contributed by atoms with Gasteiger partial charge in [0, 0.05) is 12.2 Å². The van der Waals surface area contributed by atoms with E-state index in [-0.39, 0.29) is 0 Å². The number of hydrogen-bond acceptors (Lipinski definition) is 2. The molecule has 1 aromatic rings. The highest BCUT2D eigenvalue weighted by Crippen LogP contribution is 2.01. The molecule has 0 bridgehead atoms. The van der Waals surface area contributed by atoms with Gasteiger partial charge in [0.2, 0.25) is 0 Å². The topological polar surface area (TPSA) is 37.0 Å². The van der Waals surface area contributed by atoms with E-state index in [0.29, 0.717) is 17.7 Å². The van der Waals surface area contributed by atoms with Crippen LogP contribution in [0, 0.1) is 6.92 Å². The second-order valence-electron chi connectivity index (χ2n) is 3.75. The molecule has 0 aliphatic rings. The molecule has 0 aromatic carbocycles. The van der Waals surface area contributed by atoms with Gasteiger partial charge in [-0.05, 0) is 44.6 Å². The van der Waals surface area contributed by atoms with Crippen molar-refractivity contribution in [3.63, 3.8) is 0 Å². The third-order valence-electron chi connectivity index (χ3n) is 1.95. The van der Waals surface area contributed by atoms with Crippen molar-refractivity contribution in [1.82, 2.24) is 15.6 Å². The van der Waals surface area contributed by atoms with Crippen LogP contribution >= 0.6 is 12.2 Å². The molecule has 1 rings (SSSR count). The molecule has 0 aliphatic carbocycles. The summed E-state index contributed by atoms with van der Waals surface area (Å²) >= 11 is 5.12. The van der Waals surface area contributed by atoms with Crippen LogP contribution in [0.15, 0.2) is 18.3 Å². The standard InChI is InChI=1S/C11H17N3S/c1-8(2)14-11(15)13-7-10-9(3)5-4-6-12-10/h4-6,8H,7H2,1-3H3,(H2,13,14,15). The largest absolute Gasteiger partial charge is 0.361 e. The van der Waals surface area contributed by atoms with Crippen LogP contribution in [-0.4, -0.2) is 16.1 Å². The molecule has 82 valence electrons. The van der Waals surface area contributed by atoms with Crippen molar-refractivity contribution in [2.75, 3.05) is 0 Å². The monoisotopic (exact) mass is 223 g/mol. The maximum Gasteiger partial charge on any atom is 0.166 e. The average molecular weight is 223 g/mol. The molecule has 15 heavy (non-hydrogen) atoms. The molecule has 0 fully saturated rings. The Morgan fingerprint density at radius 1 is 1.53 bits per heavy atom. The lowest BCUT2D eigenvalue weighted by atomic mass is 10.2. The predicted octanol–water partition coefficient (Wildman–Crippen LogP) is 1.76. The quantitative estimate of drug-likeness (QED) is 0.766. The van der Waals surface area contributed by atoms with E-state index in [1.807, 2.05) is 19.1 Å². The molecule has 0 spiro atoms. The highest BCUT2D eigenvalue weighted by atomic mass is 32.1. The van der Waals surface area contributed by atoms with Gasteiger partial charge in [-0.3, -0.25) is 4.98 Å². The van der Waals surface area contributed by atoms with E-state index < -0.39 is 0 Å². The summed E-state index contributed by atoms with van der Waals surface area (Å²) in [6.07, 6.45) is 1.79. The van der Waals surface area contributed by atoms with Crippen molar-refractivity contribution < 1.29 is 0 Å². The van der Waals surface area contributed by atoms with Crippen LogP contribution in [0.4, 0.5) is 0 Å². The Morgan fingerprint density at radius 3 is 2.87 bits per heavy atom. The van der Waals surface area contributed by atoms with Gasteiger partial charge in [-0.1, -0.05) is 6.07 Å². The second kappa shape index (κ2) is 5.66. The van der Waals surface area contributed by atoms with Crippen molar-refractivity contribution >= 4 is 17.3 Å². The summed E-state index contributed by atoms with van der Waals surface area (Å²) in [5, 5.41) is 6.93. The van der Waals surface area contributed by atoms with Gasteiger partial charge in [0.1, 0.15) is 0 Å². The second-order valence-corrected chi connectivity index (χ2v) is 4.16. The molecule has 0 amide bonds. The number of pyridine rings is 1. The fourth-order valence-electron chi connectivity index (χ4n) is 1.18. The molecule has 0 unspecified atom stereocenters. The summed E-state index contributed by atoms with van der Waals surface area (Å²) in [5.74, 6) is 0. The van der Waals surface area contributed by atoms with Crippen molar-refractivity contribution in [1.29, 1.82) is 0 Å². The minimum atomic E-state index is 0.356. The van der Waals surface area contributed by atoms with Gasteiger partial charge in [-0.2, -0.15) is 0 Å². The first-order valence-electron chi connectivity index (χ1n) is 5.04. The van der Waals surface area contributed by atoms with Crippen LogP contribution in [0.2, 0.25) is 0 Å². The summed E-state index contributed by atoms with van der Waals surface area (Å²) < 4.78 is 0. The van der Waals surface area contributed by atoms with Crippen LogP contribution < -0.4 is 10.6 Å². The Morgan fingerprint density at radius 2 is 2.27 bits per heavy atom. The van der Waals surface area contributed by atoms with Crippen LogP contribution in [0.3, 0.4) is 0 Å². The first-order valence-corrected chi connectivity index (χ1v) is 5.45. The number of nitrogens with one attached hydrogen (secondary N) is 2. The summed E-state index contributed by atoms with van der Waals surface area (Å²) in [5.41, 5.74) is 2.21. The smallest absolute Gasteiger partial charge is 0.166 e. The fourth-order valence-corrected chi connectivity index (χ4v) is 1.49. The van der Waals surface area contributed by atoms with Gasteiger partial charge >= 0.3 is 0 Å². The number of aryl methyl sites for hydroxylation is 1. The lowest BCUT2D eigenvalue weighted by Crippen LogP contribution is -2.39. The molecule has 0 atom stereocenters. The SMILES string of the molecule is Cc1cccnc1CNC(=S)NC(C)C. The third kappa shape index (κ3) is 4.25. The summed E-state index contributed by atoms with van der Waals surface area (Å²) in [7, 11) is 0. The van der Waals surface area contributed by atoms with Crippen molar-refractivity contribution in [3.8, 4) is 0 Å². The molecular weight excluding hydrogens is 206 g/mol. The van der Waals surface area contributed by atoms with Crippen molar-refractivity contribution in [2.45, 2.75) is 33.4 Å². The van der Waals surface area contributed by atoms with E-state index in [2.05, 4.69) is 29.5 Å². The highest BCUT2D eigenvalue weighted by molar-refractivity contribution is 7.80. The van der Waals surface area contributed by atoms with Gasteiger partial charge in [-0.25, -0.2) is 0 Å². The Kier molecular flexibility index (Phi) is 4.49. The molecule has 3 nitrogen and oxygen atoms in total. The van der Waals surface area contributed by atoms with Gasteiger partial charge in [0.05, 0.1) is 12.2 Å². The van der Waals surface area contributed by atoms with Crippen LogP contribution in [0.5, 0.6) is 0 Å². The summed E-state index contributed by atoms with van der Waals surface area (Å²) in [6, 6.07) is 4.33. The summed E-state index contributed by atoms with van der Waals surface area (Å²) in [6.45, 7) is 6.83. The molecule has 2 N–H and O–H groups in total. The Balaban J connectivity index is 2.44. The molecular formula is C11H17N3S. The highest BCUT2D eigenvalue weighted by Gasteiger charge is 2.01. The lowest BCUT2D eigenvalue weighted by molar-refractivity contribution is 0.708. The maximum absolute atomic E-state index is 5.12. The average Bonchev–Trinajstić information content (AvgIpc) is 2.15. The predicted molar refractivity (Wildman–Crippen MR) is 66.7 cm³/mol. The first-order chi connectivity index (χ1) is 7.09. The van der Waals surface area contributed by atoms with Crippen LogP contribution in [-0.2, 0) is 6.54 Å².